The summed E-state index contributed by atoms with van der Waals surface area (Å²) in [7, 11) is -3.10. The lowest BCUT2D eigenvalue weighted by atomic mass is 10.1. The third-order valence-corrected chi connectivity index (χ3v) is 7.02. The molecule has 2 aromatic carbocycles. The Labute approximate surface area is 238 Å². The van der Waals surface area contributed by atoms with Crippen molar-refractivity contribution >= 4 is 21.9 Å². The smallest absolute Gasteiger partial charge is 0.435 e. The first kappa shape index (κ1) is 31.9. The number of alkyl halides is 3. The highest BCUT2D eigenvalue weighted by atomic mass is 32.2. The molecule has 0 atom stereocenters. The molecule has 226 valence electrons. The maximum absolute atomic E-state index is 13.4. The molecule has 0 aliphatic rings. The number of aromatic nitrogens is 2. The zero-order chi connectivity index (χ0) is 31.1. The Morgan fingerprint density at radius 1 is 1.14 bits per heavy atom. The summed E-state index contributed by atoms with van der Waals surface area (Å²) >= 11 is 0. The largest absolute Gasteiger partial charge is 0.569 e. The van der Waals surface area contributed by atoms with Crippen LogP contribution < -0.4 is 4.72 Å². The van der Waals surface area contributed by atoms with Crippen molar-refractivity contribution in [2.24, 2.45) is 5.28 Å². The van der Waals surface area contributed by atoms with Crippen LogP contribution in [0.25, 0.3) is 16.9 Å². The monoisotopic (exact) mass is 612 g/mol. The molecule has 17 heteroatoms. The van der Waals surface area contributed by atoms with Crippen LogP contribution in [0.2, 0.25) is 0 Å². The van der Waals surface area contributed by atoms with Gasteiger partial charge in [-0.25, -0.2) is 17.8 Å². The van der Waals surface area contributed by atoms with Crippen LogP contribution in [0.4, 0.5) is 13.2 Å². The lowest BCUT2D eigenvalue weighted by molar-refractivity contribution is -0.706. The minimum Gasteiger partial charge on any atom is -0.569 e. The lowest BCUT2D eigenvalue weighted by Gasteiger charge is -2.13. The number of amides is 1. The van der Waals surface area contributed by atoms with Gasteiger partial charge in [-0.05, 0) is 37.3 Å². The molecule has 0 spiro atoms. The molecule has 0 unspecified atom stereocenters. The number of carbonyl (C=O) groups excluding carboxylic acids is 2. The highest BCUT2D eigenvalue weighted by Crippen LogP contribution is 2.33. The van der Waals surface area contributed by atoms with Crippen molar-refractivity contribution < 1.29 is 45.7 Å². The molecule has 0 saturated carbocycles. The van der Waals surface area contributed by atoms with E-state index in [1.807, 2.05) is 11.6 Å². The number of esters is 1. The molecule has 3 rings (SSSR count). The Hall–Kier alpha value is -4.67. The second-order valence-electron chi connectivity index (χ2n) is 8.80. The molecule has 0 bridgehead atoms. The number of nitrogens with one attached hydrogen (secondary N) is 1. The summed E-state index contributed by atoms with van der Waals surface area (Å²) < 4.78 is 73.2. The van der Waals surface area contributed by atoms with Crippen molar-refractivity contribution in [1.29, 1.82) is 0 Å². The minimum atomic E-state index is -4.71. The fourth-order valence-corrected chi connectivity index (χ4v) is 4.37. The molecule has 3 aromatic rings. The summed E-state index contributed by atoms with van der Waals surface area (Å²) in [6.45, 7) is 2.55. The standard InChI is InChI=1S/C25H27F3N6O7S/c1-4-24(36)40-16-41-31-34(37)32(3)14-13-23(35)30-42(38,39)20-11-9-19(10-12-20)33-21(15-22(29-33)25(26,27)28)18-7-5-17(2)6-8-18/h5-12,15H,4,13-14,16H2,1-3H3,(H,30,35)/b34-31+. The highest BCUT2D eigenvalue weighted by Gasteiger charge is 2.35. The van der Waals surface area contributed by atoms with E-state index in [2.05, 4.69) is 20.0 Å². The van der Waals surface area contributed by atoms with Gasteiger partial charge >= 0.3 is 12.1 Å². The molecule has 0 aliphatic heterocycles. The molecule has 1 amide bonds. The van der Waals surface area contributed by atoms with E-state index in [0.29, 0.717) is 5.56 Å². The average Bonchev–Trinajstić information content (AvgIpc) is 3.40. The summed E-state index contributed by atoms with van der Waals surface area (Å²) in [4.78, 5) is 27.4. The Balaban J connectivity index is 1.68. The highest BCUT2D eigenvalue weighted by molar-refractivity contribution is 7.90. The van der Waals surface area contributed by atoms with Gasteiger partial charge in [-0.2, -0.15) is 18.3 Å². The predicted molar refractivity (Wildman–Crippen MR) is 140 cm³/mol. The van der Waals surface area contributed by atoms with Gasteiger partial charge in [0.2, 0.25) is 11.2 Å². The number of aryl methyl sites for hydroxylation is 1. The van der Waals surface area contributed by atoms with Crippen LogP contribution in [-0.2, 0) is 35.4 Å². The van der Waals surface area contributed by atoms with Crippen molar-refractivity contribution in [2.75, 3.05) is 20.4 Å². The molecular weight excluding hydrogens is 585 g/mol. The number of ether oxygens (including phenoxy) is 1. The number of sulfonamides is 1. The van der Waals surface area contributed by atoms with E-state index >= 15 is 0 Å². The second kappa shape index (κ2) is 13.3. The molecule has 1 aromatic heterocycles. The molecule has 0 aliphatic carbocycles. The number of halogens is 3. The zero-order valence-electron chi connectivity index (χ0n) is 22.7. The van der Waals surface area contributed by atoms with Crippen LogP contribution in [0.3, 0.4) is 0 Å². The number of hydrogen-bond acceptors (Lipinski definition) is 9. The molecule has 1 N–H and O–H groups in total. The molecule has 0 radical (unpaired) electrons. The van der Waals surface area contributed by atoms with Gasteiger partial charge in [-0.3, -0.25) is 9.59 Å². The number of benzene rings is 2. The van der Waals surface area contributed by atoms with Crippen molar-refractivity contribution in [2.45, 2.75) is 37.8 Å². The normalized spacial score (nSPS) is 12.1. The van der Waals surface area contributed by atoms with E-state index in [1.54, 1.807) is 31.2 Å². The molecule has 0 fully saturated rings. The summed E-state index contributed by atoms with van der Waals surface area (Å²) in [5.74, 6) is -1.51. The fourth-order valence-electron chi connectivity index (χ4n) is 3.35. The summed E-state index contributed by atoms with van der Waals surface area (Å²) in [6.07, 6.45) is -5.03. The van der Waals surface area contributed by atoms with E-state index in [0.717, 1.165) is 33.5 Å². The van der Waals surface area contributed by atoms with Crippen molar-refractivity contribution in [3.05, 3.63) is 71.1 Å². The van der Waals surface area contributed by atoms with Gasteiger partial charge in [-0.1, -0.05) is 36.8 Å². The van der Waals surface area contributed by atoms with Gasteiger partial charge in [-0.15, -0.1) is 5.01 Å². The number of hydrazine groups is 1. The second-order valence-corrected chi connectivity index (χ2v) is 10.5. The van der Waals surface area contributed by atoms with Crippen LogP contribution in [0.5, 0.6) is 0 Å². The van der Waals surface area contributed by atoms with E-state index < -0.39 is 47.0 Å². The maximum atomic E-state index is 13.4. The van der Waals surface area contributed by atoms with Crippen LogP contribution in [0.1, 0.15) is 31.0 Å². The van der Waals surface area contributed by atoms with Crippen molar-refractivity contribution in [3.63, 3.8) is 0 Å². The fraction of sp³-hybridized carbons (Fsp3) is 0.320. The van der Waals surface area contributed by atoms with Gasteiger partial charge in [0.15, 0.2) is 5.69 Å². The number of carbonyl (C=O) groups is 2. The predicted octanol–water partition coefficient (Wildman–Crippen LogP) is 3.71. The number of nitrogens with zero attached hydrogens (tertiary/aromatic N) is 5. The van der Waals surface area contributed by atoms with E-state index in [1.165, 1.54) is 19.2 Å². The topological polar surface area (TPSA) is 158 Å². The van der Waals surface area contributed by atoms with Crippen LogP contribution in [-0.4, -0.2) is 60.4 Å². The number of rotatable bonds is 12. The quantitative estimate of drug-likeness (QED) is 0.0804. The zero-order valence-corrected chi connectivity index (χ0v) is 23.5. The van der Waals surface area contributed by atoms with Gasteiger partial charge in [0.1, 0.15) is 0 Å². The summed E-state index contributed by atoms with van der Waals surface area (Å²) in [5.41, 5.74) is 0.544. The van der Waals surface area contributed by atoms with E-state index in [-0.39, 0.29) is 34.2 Å². The SMILES string of the molecule is CCC(=O)OCO/N=[N+](/[O-])N(C)CCC(=O)NS(=O)(=O)c1ccc(-n2nc(C(F)(F)F)cc2-c2ccc(C)cc2)cc1. The van der Waals surface area contributed by atoms with Crippen LogP contribution in [0.15, 0.2) is 64.8 Å². The van der Waals surface area contributed by atoms with Gasteiger partial charge in [0.25, 0.3) is 16.8 Å². The first-order valence-corrected chi connectivity index (χ1v) is 13.8. The summed E-state index contributed by atoms with van der Waals surface area (Å²) in [5, 5.41) is 19.5. The van der Waals surface area contributed by atoms with Crippen LogP contribution in [0, 0.1) is 12.1 Å². The van der Waals surface area contributed by atoms with Crippen LogP contribution >= 0.6 is 0 Å². The third-order valence-electron chi connectivity index (χ3n) is 5.63. The van der Waals surface area contributed by atoms with Crippen molar-refractivity contribution in [1.82, 2.24) is 19.5 Å². The summed E-state index contributed by atoms with van der Waals surface area (Å²) in [6, 6.07) is 12.4. The Morgan fingerprint density at radius 3 is 2.38 bits per heavy atom. The molecule has 42 heavy (non-hydrogen) atoms. The average molecular weight is 613 g/mol. The van der Waals surface area contributed by atoms with Gasteiger partial charge in [0.05, 0.1) is 41.3 Å². The van der Waals surface area contributed by atoms with Gasteiger partial charge < -0.3 is 14.8 Å². The molecular formula is C25H27F3N6O7S. The maximum Gasteiger partial charge on any atom is 0.435 e. The van der Waals surface area contributed by atoms with Gasteiger partial charge in [0, 0.05) is 12.0 Å². The first-order valence-electron chi connectivity index (χ1n) is 12.3. The Bertz CT molecular complexity index is 1540. The Kier molecular flexibility index (Phi) is 10.1. The first-order chi connectivity index (χ1) is 19.7. The van der Waals surface area contributed by atoms with E-state index in [9.17, 15) is 36.4 Å². The van der Waals surface area contributed by atoms with Crippen molar-refractivity contribution in [3.8, 4) is 16.9 Å². The molecule has 1 heterocycles. The number of hydrogen-bond donors (Lipinski definition) is 1. The minimum absolute atomic E-state index is 0.0232. The molecule has 13 nitrogen and oxygen atoms in total. The lowest BCUT2D eigenvalue weighted by Crippen LogP contribution is -2.35. The van der Waals surface area contributed by atoms with E-state index in [4.69, 9.17) is 0 Å². The Morgan fingerprint density at radius 2 is 1.79 bits per heavy atom. The third kappa shape index (κ3) is 8.42. The molecule has 0 saturated heterocycles.